The van der Waals surface area contributed by atoms with Crippen LogP contribution in [0.5, 0.6) is 0 Å². The average Bonchev–Trinajstić information content (AvgIpc) is 3.17. The number of aromatic nitrogens is 2. The van der Waals surface area contributed by atoms with Gasteiger partial charge in [0.2, 0.25) is 11.9 Å². The van der Waals surface area contributed by atoms with Crippen LogP contribution in [0, 0.1) is 0 Å². The summed E-state index contributed by atoms with van der Waals surface area (Å²) < 4.78 is 2.56. The fourth-order valence-electron chi connectivity index (χ4n) is 3.91. The van der Waals surface area contributed by atoms with Crippen molar-refractivity contribution in [3.8, 4) is 11.3 Å². The molecule has 1 aliphatic heterocycles. The number of rotatable bonds is 4. The van der Waals surface area contributed by atoms with Crippen LogP contribution < -0.4 is 11.1 Å². The molecule has 0 saturated carbocycles. The van der Waals surface area contributed by atoms with E-state index in [4.69, 9.17) is 10.8 Å². The first-order valence-corrected chi connectivity index (χ1v) is 11.0. The Morgan fingerprint density at radius 3 is 2.22 bits per heavy atom. The van der Waals surface area contributed by atoms with E-state index in [9.17, 15) is 4.79 Å². The van der Waals surface area contributed by atoms with Crippen molar-refractivity contribution >= 4 is 39.2 Å². The van der Waals surface area contributed by atoms with Crippen LogP contribution in [0.2, 0.25) is 0 Å². The molecule has 3 aromatic carbocycles. The van der Waals surface area contributed by atoms with E-state index >= 15 is 0 Å². The Balaban J connectivity index is 1.61. The van der Waals surface area contributed by atoms with E-state index < -0.39 is 5.92 Å². The molecule has 1 atom stereocenters. The number of nitrogens with one attached hydrogen (secondary N) is 1. The maximum atomic E-state index is 13.5. The summed E-state index contributed by atoms with van der Waals surface area (Å²) in [4.78, 5) is 18.1. The molecule has 3 N–H and O–H groups in total. The van der Waals surface area contributed by atoms with Crippen LogP contribution in [0.15, 0.2) is 94.5 Å². The van der Waals surface area contributed by atoms with E-state index in [0.29, 0.717) is 17.8 Å². The SMILES string of the molecule is Nc1nc(-c2ccccc2)c2n1N=C(c1ccccc1)CC2C(=O)Nc1ccc(Br)cc1. The van der Waals surface area contributed by atoms with Gasteiger partial charge in [-0.1, -0.05) is 76.6 Å². The maximum Gasteiger partial charge on any atom is 0.234 e. The van der Waals surface area contributed by atoms with Crippen molar-refractivity contribution in [2.75, 3.05) is 11.1 Å². The molecule has 0 spiro atoms. The average molecular weight is 486 g/mol. The number of nitrogens with two attached hydrogens (primary N) is 1. The second-order valence-electron chi connectivity index (χ2n) is 7.55. The van der Waals surface area contributed by atoms with Crippen molar-refractivity contribution in [3.63, 3.8) is 0 Å². The van der Waals surface area contributed by atoms with Crippen LogP contribution in [0.3, 0.4) is 0 Å². The quantitative estimate of drug-likeness (QED) is 0.412. The number of hydrogen-bond acceptors (Lipinski definition) is 4. The highest BCUT2D eigenvalue weighted by molar-refractivity contribution is 9.10. The summed E-state index contributed by atoms with van der Waals surface area (Å²) in [5.74, 6) is -0.381. The monoisotopic (exact) mass is 485 g/mol. The molecule has 0 fully saturated rings. The predicted octanol–water partition coefficient (Wildman–Crippen LogP) is 5.27. The largest absolute Gasteiger partial charge is 0.368 e. The Hall–Kier alpha value is -3.71. The van der Waals surface area contributed by atoms with Crippen molar-refractivity contribution in [1.29, 1.82) is 0 Å². The first-order chi connectivity index (χ1) is 15.6. The van der Waals surface area contributed by atoms with Gasteiger partial charge in [-0.2, -0.15) is 5.10 Å². The third kappa shape index (κ3) is 3.83. The number of carbonyl (C=O) groups excluding carboxylic acids is 1. The summed E-state index contributed by atoms with van der Waals surface area (Å²) in [6.07, 6.45) is 0.442. The Labute approximate surface area is 193 Å². The van der Waals surface area contributed by atoms with Gasteiger partial charge in [0.25, 0.3) is 0 Å². The van der Waals surface area contributed by atoms with E-state index in [1.54, 1.807) is 4.68 Å². The standard InChI is InChI=1S/C25H20BrN5O/c26-18-11-13-19(14-12-18)28-24(32)20-15-21(16-7-3-1-4-8-16)30-31-23(20)22(29-25(31)27)17-9-5-2-6-10-17/h1-14,20H,15H2,(H2,27,29)(H,28,32). The molecule has 0 aliphatic carbocycles. The van der Waals surface area contributed by atoms with Gasteiger partial charge >= 0.3 is 0 Å². The number of fused-ring (bicyclic) bond motifs is 1. The number of carbonyl (C=O) groups is 1. The third-order valence-corrected chi connectivity index (χ3v) is 5.97. The van der Waals surface area contributed by atoms with E-state index in [1.807, 2.05) is 84.9 Å². The van der Waals surface area contributed by atoms with Crippen LogP contribution >= 0.6 is 15.9 Å². The van der Waals surface area contributed by atoms with Gasteiger partial charge in [-0.05, 0) is 29.8 Å². The summed E-state index contributed by atoms with van der Waals surface area (Å²) in [5, 5.41) is 7.82. The molecule has 0 bridgehead atoms. The third-order valence-electron chi connectivity index (χ3n) is 5.44. The number of benzene rings is 3. The molecule has 7 heteroatoms. The molecular formula is C25H20BrN5O. The molecule has 2 heterocycles. The van der Waals surface area contributed by atoms with Gasteiger partial charge < -0.3 is 11.1 Å². The highest BCUT2D eigenvalue weighted by atomic mass is 79.9. The highest BCUT2D eigenvalue weighted by Crippen LogP contribution is 2.37. The number of nitrogen functional groups attached to an aromatic ring is 1. The van der Waals surface area contributed by atoms with Crippen LogP contribution in [-0.2, 0) is 4.79 Å². The smallest absolute Gasteiger partial charge is 0.234 e. The number of hydrogen-bond donors (Lipinski definition) is 2. The van der Waals surface area contributed by atoms with Crippen molar-refractivity contribution in [1.82, 2.24) is 9.66 Å². The van der Waals surface area contributed by atoms with Gasteiger partial charge in [0.05, 0.1) is 23.0 Å². The molecule has 1 aromatic heterocycles. The zero-order valence-corrected chi connectivity index (χ0v) is 18.7. The lowest BCUT2D eigenvalue weighted by molar-refractivity contribution is -0.117. The van der Waals surface area contributed by atoms with Crippen molar-refractivity contribution in [3.05, 3.63) is 101 Å². The molecule has 1 aliphatic rings. The van der Waals surface area contributed by atoms with E-state index in [2.05, 4.69) is 26.2 Å². The first-order valence-electron chi connectivity index (χ1n) is 10.2. The Morgan fingerprint density at radius 1 is 0.938 bits per heavy atom. The normalized spacial score (nSPS) is 15.0. The number of anilines is 2. The molecule has 6 nitrogen and oxygen atoms in total. The fourth-order valence-corrected chi connectivity index (χ4v) is 4.17. The van der Waals surface area contributed by atoms with Crippen molar-refractivity contribution in [2.45, 2.75) is 12.3 Å². The van der Waals surface area contributed by atoms with E-state index in [0.717, 1.165) is 27.0 Å². The lowest BCUT2D eigenvalue weighted by Gasteiger charge is -2.24. The lowest BCUT2D eigenvalue weighted by Crippen LogP contribution is -2.29. The zero-order valence-electron chi connectivity index (χ0n) is 17.1. The molecular weight excluding hydrogens is 466 g/mol. The second kappa shape index (κ2) is 8.43. The highest BCUT2D eigenvalue weighted by Gasteiger charge is 2.35. The van der Waals surface area contributed by atoms with Crippen LogP contribution in [0.25, 0.3) is 11.3 Å². The number of imidazole rings is 1. The first kappa shape index (κ1) is 20.2. The Kier molecular flexibility index (Phi) is 5.33. The summed E-state index contributed by atoms with van der Waals surface area (Å²) in [7, 11) is 0. The predicted molar refractivity (Wildman–Crippen MR) is 131 cm³/mol. The number of nitrogens with zero attached hydrogens (tertiary/aromatic N) is 3. The second-order valence-corrected chi connectivity index (χ2v) is 8.46. The van der Waals surface area contributed by atoms with Crippen molar-refractivity contribution < 1.29 is 4.79 Å². The molecule has 32 heavy (non-hydrogen) atoms. The van der Waals surface area contributed by atoms with Crippen LogP contribution in [0.1, 0.15) is 23.6 Å². The number of halogens is 1. The van der Waals surface area contributed by atoms with Gasteiger partial charge in [0.1, 0.15) is 0 Å². The molecule has 5 rings (SSSR count). The molecule has 1 unspecified atom stereocenters. The molecule has 4 aromatic rings. The summed E-state index contributed by atoms with van der Waals surface area (Å²) in [6, 6.07) is 27.1. The summed E-state index contributed by atoms with van der Waals surface area (Å²) in [6.45, 7) is 0. The Morgan fingerprint density at radius 2 is 1.56 bits per heavy atom. The topological polar surface area (TPSA) is 85.3 Å². The van der Waals surface area contributed by atoms with Crippen LogP contribution in [0.4, 0.5) is 11.6 Å². The minimum Gasteiger partial charge on any atom is -0.368 e. The summed E-state index contributed by atoms with van der Waals surface area (Å²) >= 11 is 3.43. The van der Waals surface area contributed by atoms with E-state index in [1.165, 1.54) is 0 Å². The van der Waals surface area contributed by atoms with Gasteiger partial charge in [-0.25, -0.2) is 9.66 Å². The fraction of sp³-hybridized carbons (Fsp3) is 0.0800. The van der Waals surface area contributed by atoms with Gasteiger partial charge in [0.15, 0.2) is 0 Å². The summed E-state index contributed by atoms with van der Waals surface area (Å²) in [5.41, 5.74) is 11.0. The van der Waals surface area contributed by atoms with Gasteiger partial charge in [-0.3, -0.25) is 4.79 Å². The zero-order chi connectivity index (χ0) is 22.1. The minimum atomic E-state index is -0.508. The van der Waals surface area contributed by atoms with Gasteiger partial charge in [-0.15, -0.1) is 0 Å². The molecule has 1 amide bonds. The molecule has 158 valence electrons. The van der Waals surface area contributed by atoms with Crippen LogP contribution in [-0.4, -0.2) is 21.3 Å². The Bertz CT molecular complexity index is 1300. The van der Waals surface area contributed by atoms with Crippen molar-refractivity contribution in [2.24, 2.45) is 5.10 Å². The maximum absolute atomic E-state index is 13.5. The van der Waals surface area contributed by atoms with E-state index in [-0.39, 0.29) is 11.9 Å². The van der Waals surface area contributed by atoms with Gasteiger partial charge in [0, 0.05) is 22.1 Å². The minimum absolute atomic E-state index is 0.131. The molecule has 0 radical (unpaired) electrons. The lowest BCUT2D eigenvalue weighted by atomic mass is 9.90. The molecule has 0 saturated heterocycles. The number of amides is 1.